The number of anilines is 1. The predicted octanol–water partition coefficient (Wildman–Crippen LogP) is 2.80. The Morgan fingerprint density at radius 2 is 2.07 bits per heavy atom. The van der Waals surface area contributed by atoms with Crippen LogP contribution in [0.15, 0.2) is 6.20 Å². The lowest BCUT2D eigenvalue weighted by Crippen LogP contribution is -2.49. The van der Waals surface area contributed by atoms with Gasteiger partial charge in [0.2, 0.25) is 21.9 Å². The van der Waals surface area contributed by atoms with E-state index in [0.717, 1.165) is 17.0 Å². The van der Waals surface area contributed by atoms with Gasteiger partial charge in [0.25, 0.3) is 0 Å². The molecule has 2 fully saturated rings. The highest BCUT2D eigenvalue weighted by Gasteiger charge is 2.41. The van der Waals surface area contributed by atoms with E-state index in [1.165, 1.54) is 0 Å². The summed E-state index contributed by atoms with van der Waals surface area (Å²) in [7, 11) is -3.55. The molecule has 0 aromatic carbocycles. The number of aromatic nitrogens is 2. The highest BCUT2D eigenvalue weighted by Crippen LogP contribution is 2.42. The molecule has 2 heterocycles. The molecule has 0 spiro atoms. The first-order valence-corrected chi connectivity index (χ1v) is 11.3. The number of alkyl halides is 5. The van der Waals surface area contributed by atoms with Crippen LogP contribution >= 0.6 is 0 Å². The highest BCUT2D eigenvalue weighted by molar-refractivity contribution is 7.88. The second-order valence-corrected chi connectivity index (χ2v) is 9.84. The van der Waals surface area contributed by atoms with Gasteiger partial charge in [0.05, 0.1) is 25.6 Å². The van der Waals surface area contributed by atoms with Crippen LogP contribution in [0, 0.1) is 5.41 Å². The minimum Gasteiger partial charge on any atom is -0.476 e. The van der Waals surface area contributed by atoms with Crippen molar-refractivity contribution in [3.8, 4) is 5.88 Å². The number of hydrogen-bond acceptors (Lipinski definition) is 6. The minimum atomic E-state index is -4.78. The van der Waals surface area contributed by atoms with E-state index in [-0.39, 0.29) is 32.1 Å². The lowest BCUT2D eigenvalue weighted by molar-refractivity contribution is -0.140. The van der Waals surface area contributed by atoms with E-state index in [0.29, 0.717) is 19.0 Å². The van der Waals surface area contributed by atoms with E-state index < -0.39 is 51.9 Å². The highest BCUT2D eigenvalue weighted by atomic mass is 32.2. The SMILES string of the molecule is CS(=O)(=O)N1CC[C@@H](Nc2ncc(C(F)(F)F)c(OCC3(CF)CCC3)n2)[C@H](F)C1. The molecular formula is C17H23F5N4O3S. The van der Waals surface area contributed by atoms with E-state index in [2.05, 4.69) is 15.3 Å². The Morgan fingerprint density at radius 3 is 2.57 bits per heavy atom. The molecule has 30 heavy (non-hydrogen) atoms. The molecule has 3 rings (SSSR count). The van der Waals surface area contributed by atoms with Crippen LogP contribution in [0.5, 0.6) is 5.88 Å². The van der Waals surface area contributed by atoms with Crippen molar-refractivity contribution >= 4 is 16.0 Å². The fraction of sp³-hybridized carbons (Fsp3) is 0.765. The normalized spacial score (nSPS) is 24.9. The Balaban J connectivity index is 1.74. The molecule has 1 aromatic heterocycles. The maximum atomic E-state index is 14.4. The number of nitrogens with one attached hydrogen (secondary N) is 1. The zero-order valence-corrected chi connectivity index (χ0v) is 17.1. The van der Waals surface area contributed by atoms with Crippen LogP contribution < -0.4 is 10.1 Å². The van der Waals surface area contributed by atoms with Crippen molar-refractivity contribution in [3.05, 3.63) is 11.8 Å². The molecule has 1 N–H and O–H groups in total. The topological polar surface area (TPSA) is 84.4 Å². The van der Waals surface area contributed by atoms with Gasteiger partial charge < -0.3 is 10.1 Å². The molecular weight excluding hydrogens is 435 g/mol. The monoisotopic (exact) mass is 458 g/mol. The van der Waals surface area contributed by atoms with Crippen molar-refractivity contribution in [2.24, 2.45) is 5.41 Å². The molecule has 1 saturated heterocycles. The molecule has 13 heteroatoms. The first-order chi connectivity index (χ1) is 13.9. The summed E-state index contributed by atoms with van der Waals surface area (Å²) in [5.41, 5.74) is -2.01. The predicted molar refractivity (Wildman–Crippen MR) is 98.1 cm³/mol. The van der Waals surface area contributed by atoms with Gasteiger partial charge >= 0.3 is 6.18 Å². The van der Waals surface area contributed by atoms with E-state index >= 15 is 0 Å². The zero-order chi connectivity index (χ0) is 22.2. The molecule has 0 unspecified atom stereocenters. The Hall–Kier alpha value is -1.76. The summed E-state index contributed by atoms with van der Waals surface area (Å²) < 4.78 is 96.8. The van der Waals surface area contributed by atoms with Crippen LogP contribution in [0.2, 0.25) is 0 Å². The third kappa shape index (κ3) is 5.10. The summed E-state index contributed by atoms with van der Waals surface area (Å²) in [6, 6.07) is -0.878. The van der Waals surface area contributed by atoms with Gasteiger partial charge in [-0.2, -0.15) is 22.5 Å². The molecule has 0 amide bonds. The number of hydrogen-bond donors (Lipinski definition) is 1. The standard InChI is InChI=1S/C17H23F5N4O3S/c1-30(27,28)26-6-3-13(12(19)8-26)24-15-23-7-11(17(20,21)22)14(25-15)29-10-16(9-18)4-2-5-16/h7,12-13H,2-6,8-10H2,1H3,(H,23,24,25)/t12-,13-/m1/s1. The zero-order valence-electron chi connectivity index (χ0n) is 16.3. The van der Waals surface area contributed by atoms with Crippen molar-refractivity contribution < 1.29 is 35.1 Å². The molecule has 0 bridgehead atoms. The van der Waals surface area contributed by atoms with Crippen LogP contribution in [0.3, 0.4) is 0 Å². The molecule has 1 aliphatic heterocycles. The smallest absolute Gasteiger partial charge is 0.423 e. The van der Waals surface area contributed by atoms with Gasteiger partial charge in [0, 0.05) is 24.7 Å². The van der Waals surface area contributed by atoms with E-state index in [4.69, 9.17) is 4.74 Å². The summed E-state index contributed by atoms with van der Waals surface area (Å²) in [6.07, 6.45) is -2.98. The second kappa shape index (κ2) is 8.40. The number of nitrogens with zero attached hydrogens (tertiary/aromatic N) is 3. The van der Waals surface area contributed by atoms with Crippen LogP contribution in [0.1, 0.15) is 31.2 Å². The molecule has 7 nitrogen and oxygen atoms in total. The Kier molecular flexibility index (Phi) is 6.42. The van der Waals surface area contributed by atoms with Crippen molar-refractivity contribution in [3.63, 3.8) is 0 Å². The van der Waals surface area contributed by atoms with Crippen molar-refractivity contribution in [1.82, 2.24) is 14.3 Å². The third-order valence-electron chi connectivity index (χ3n) is 5.56. The van der Waals surface area contributed by atoms with Crippen LogP contribution in [0.4, 0.5) is 27.9 Å². The number of halogens is 5. The lowest BCUT2D eigenvalue weighted by atomic mass is 9.70. The average Bonchev–Trinajstić information content (AvgIpc) is 2.61. The average molecular weight is 458 g/mol. The quantitative estimate of drug-likeness (QED) is 0.633. The van der Waals surface area contributed by atoms with E-state index in [9.17, 15) is 30.4 Å². The van der Waals surface area contributed by atoms with Gasteiger partial charge in [-0.15, -0.1) is 0 Å². The van der Waals surface area contributed by atoms with Crippen molar-refractivity contribution in [2.45, 2.75) is 44.1 Å². The Bertz CT molecular complexity index is 858. The largest absolute Gasteiger partial charge is 0.476 e. The fourth-order valence-corrected chi connectivity index (χ4v) is 4.31. The lowest BCUT2D eigenvalue weighted by Gasteiger charge is -2.38. The Morgan fingerprint density at radius 1 is 1.37 bits per heavy atom. The Labute approximate surface area is 171 Å². The first kappa shape index (κ1) is 22.9. The summed E-state index contributed by atoms with van der Waals surface area (Å²) in [4.78, 5) is 7.35. The van der Waals surface area contributed by atoms with Gasteiger partial charge in [-0.1, -0.05) is 6.42 Å². The number of ether oxygens (including phenoxy) is 1. The molecule has 170 valence electrons. The third-order valence-corrected chi connectivity index (χ3v) is 6.83. The van der Waals surface area contributed by atoms with Gasteiger partial charge in [0.1, 0.15) is 11.7 Å². The fourth-order valence-electron chi connectivity index (χ4n) is 3.46. The first-order valence-electron chi connectivity index (χ1n) is 9.42. The van der Waals surface area contributed by atoms with Gasteiger partial charge in [-0.25, -0.2) is 17.8 Å². The van der Waals surface area contributed by atoms with Gasteiger partial charge in [-0.3, -0.25) is 4.39 Å². The van der Waals surface area contributed by atoms with Crippen molar-refractivity contribution in [2.75, 3.05) is 37.9 Å². The number of piperidine rings is 1. The van der Waals surface area contributed by atoms with E-state index in [1.54, 1.807) is 0 Å². The van der Waals surface area contributed by atoms with Crippen LogP contribution in [-0.2, 0) is 16.2 Å². The summed E-state index contributed by atoms with van der Waals surface area (Å²) >= 11 is 0. The summed E-state index contributed by atoms with van der Waals surface area (Å²) in [5.74, 6) is -1.02. The molecule has 2 atom stereocenters. The van der Waals surface area contributed by atoms with Crippen molar-refractivity contribution in [1.29, 1.82) is 0 Å². The maximum Gasteiger partial charge on any atom is 0.423 e. The second-order valence-electron chi connectivity index (χ2n) is 7.86. The molecule has 2 aliphatic rings. The number of sulfonamides is 1. The molecule has 0 radical (unpaired) electrons. The summed E-state index contributed by atoms with van der Waals surface area (Å²) in [5, 5.41) is 2.62. The van der Waals surface area contributed by atoms with Gasteiger partial charge in [-0.05, 0) is 19.3 Å². The maximum absolute atomic E-state index is 14.4. The van der Waals surface area contributed by atoms with Crippen LogP contribution in [0.25, 0.3) is 0 Å². The van der Waals surface area contributed by atoms with Gasteiger partial charge in [0.15, 0.2) is 0 Å². The number of rotatable bonds is 7. The van der Waals surface area contributed by atoms with E-state index in [1.807, 2.05) is 0 Å². The molecule has 1 saturated carbocycles. The summed E-state index contributed by atoms with van der Waals surface area (Å²) in [6.45, 7) is -1.27. The molecule has 1 aromatic rings. The minimum absolute atomic E-state index is 0.0555. The molecule has 1 aliphatic carbocycles. The van der Waals surface area contributed by atoms with Crippen LogP contribution in [-0.4, -0.2) is 67.5 Å².